The average molecular weight is 325 g/mol. The molecule has 0 aromatic carbocycles. The van der Waals surface area contributed by atoms with E-state index in [1.807, 2.05) is 0 Å². The lowest BCUT2D eigenvalue weighted by Crippen LogP contribution is -2.17. The highest BCUT2D eigenvalue weighted by atomic mass is 16.5. The van der Waals surface area contributed by atoms with Crippen LogP contribution in [0.25, 0.3) is 0 Å². The quantitative estimate of drug-likeness (QED) is 0.157. The number of allylic oxidation sites excluding steroid dienone is 2. The molecule has 134 valence electrons. The number of rotatable bonds is 16. The molecule has 0 amide bonds. The van der Waals surface area contributed by atoms with Crippen LogP contribution in [0.3, 0.4) is 0 Å². The summed E-state index contributed by atoms with van der Waals surface area (Å²) in [5.74, 6) is -0.373. The van der Waals surface area contributed by atoms with Crippen LogP contribution in [-0.4, -0.2) is 18.4 Å². The first-order valence-electron chi connectivity index (χ1n) is 9.48. The van der Waals surface area contributed by atoms with Crippen molar-refractivity contribution >= 4 is 12.3 Å². The summed E-state index contributed by atoms with van der Waals surface area (Å²) in [6.07, 6.45) is 20.4. The Bertz CT molecular complexity index is 310. The zero-order valence-corrected chi connectivity index (χ0v) is 15.2. The Morgan fingerprint density at radius 2 is 1.39 bits per heavy atom. The van der Waals surface area contributed by atoms with Crippen LogP contribution in [0.1, 0.15) is 97.3 Å². The lowest BCUT2D eigenvalue weighted by molar-refractivity contribution is -0.149. The van der Waals surface area contributed by atoms with Crippen LogP contribution in [0.4, 0.5) is 0 Å². The van der Waals surface area contributed by atoms with E-state index in [4.69, 9.17) is 4.74 Å². The molecule has 3 heteroatoms. The van der Waals surface area contributed by atoms with Gasteiger partial charge in [0.15, 0.2) is 12.4 Å². The third-order valence-corrected chi connectivity index (χ3v) is 3.97. The van der Waals surface area contributed by atoms with Crippen molar-refractivity contribution in [3.8, 4) is 0 Å². The molecule has 0 aliphatic heterocycles. The molecule has 0 bridgehead atoms. The van der Waals surface area contributed by atoms with Crippen molar-refractivity contribution < 1.29 is 14.3 Å². The molecule has 0 aromatic heterocycles. The fraction of sp³-hybridized carbons (Fsp3) is 0.800. The lowest BCUT2D eigenvalue weighted by atomic mass is 10.0. The monoisotopic (exact) mass is 324 g/mol. The molecular weight excluding hydrogens is 288 g/mol. The standard InChI is InChI=1S/C20H36O3/c1-3-4-5-6-7-8-9-10-11-12-13-14-15-16-17-20(18-21)23-19(2)22/h6-7,18,20H,3-5,8-17H2,1-2H3/b7-6+. The van der Waals surface area contributed by atoms with Crippen LogP contribution >= 0.6 is 0 Å². The largest absolute Gasteiger partial charge is 0.455 e. The zero-order valence-electron chi connectivity index (χ0n) is 15.2. The van der Waals surface area contributed by atoms with Gasteiger partial charge in [0.05, 0.1) is 0 Å². The van der Waals surface area contributed by atoms with Gasteiger partial charge < -0.3 is 4.74 Å². The Morgan fingerprint density at radius 1 is 0.870 bits per heavy atom. The number of unbranched alkanes of at least 4 members (excludes halogenated alkanes) is 10. The van der Waals surface area contributed by atoms with Gasteiger partial charge in [0.25, 0.3) is 0 Å². The molecule has 23 heavy (non-hydrogen) atoms. The summed E-state index contributed by atoms with van der Waals surface area (Å²) in [5, 5.41) is 0. The second-order valence-corrected chi connectivity index (χ2v) is 6.30. The van der Waals surface area contributed by atoms with Crippen molar-refractivity contribution in [2.45, 2.75) is 103 Å². The van der Waals surface area contributed by atoms with Crippen LogP contribution in [0.2, 0.25) is 0 Å². The zero-order chi connectivity index (χ0) is 17.2. The van der Waals surface area contributed by atoms with Gasteiger partial charge in [-0.05, 0) is 32.1 Å². The number of carbonyl (C=O) groups is 2. The summed E-state index contributed by atoms with van der Waals surface area (Å²) in [6, 6.07) is 0. The minimum Gasteiger partial charge on any atom is -0.455 e. The number of hydrogen-bond acceptors (Lipinski definition) is 3. The van der Waals surface area contributed by atoms with Gasteiger partial charge in [-0.15, -0.1) is 0 Å². The first-order chi connectivity index (χ1) is 11.2. The summed E-state index contributed by atoms with van der Waals surface area (Å²) in [7, 11) is 0. The van der Waals surface area contributed by atoms with Gasteiger partial charge in [0, 0.05) is 6.92 Å². The molecule has 0 saturated heterocycles. The lowest BCUT2D eigenvalue weighted by Gasteiger charge is -2.09. The summed E-state index contributed by atoms with van der Waals surface area (Å²) in [6.45, 7) is 3.58. The normalized spacial score (nSPS) is 12.4. The van der Waals surface area contributed by atoms with Gasteiger partial charge in [0.1, 0.15) is 0 Å². The maximum absolute atomic E-state index is 10.8. The minimum atomic E-state index is -0.544. The molecule has 0 aliphatic carbocycles. The van der Waals surface area contributed by atoms with E-state index in [0.717, 1.165) is 19.1 Å². The molecule has 0 aliphatic rings. The summed E-state index contributed by atoms with van der Waals surface area (Å²) in [4.78, 5) is 21.5. The molecule has 0 aromatic rings. The Labute approximate surface area is 142 Å². The highest BCUT2D eigenvalue weighted by Gasteiger charge is 2.09. The molecular formula is C20H36O3. The highest BCUT2D eigenvalue weighted by molar-refractivity contribution is 5.69. The van der Waals surface area contributed by atoms with E-state index >= 15 is 0 Å². The molecule has 0 rings (SSSR count). The van der Waals surface area contributed by atoms with Crippen molar-refractivity contribution in [1.29, 1.82) is 0 Å². The van der Waals surface area contributed by atoms with E-state index in [1.54, 1.807) is 0 Å². The van der Waals surface area contributed by atoms with Crippen LogP contribution in [0.5, 0.6) is 0 Å². The van der Waals surface area contributed by atoms with Crippen molar-refractivity contribution in [2.75, 3.05) is 0 Å². The van der Waals surface area contributed by atoms with Crippen LogP contribution in [-0.2, 0) is 14.3 Å². The number of ether oxygens (including phenoxy) is 1. The second kappa shape index (κ2) is 17.2. The number of esters is 1. The van der Waals surface area contributed by atoms with E-state index < -0.39 is 6.10 Å². The number of hydrogen-bond donors (Lipinski definition) is 0. The van der Waals surface area contributed by atoms with E-state index in [2.05, 4.69) is 19.1 Å². The van der Waals surface area contributed by atoms with E-state index in [9.17, 15) is 9.59 Å². The molecule has 0 heterocycles. The maximum Gasteiger partial charge on any atom is 0.303 e. The van der Waals surface area contributed by atoms with Crippen molar-refractivity contribution in [2.24, 2.45) is 0 Å². The van der Waals surface area contributed by atoms with Crippen LogP contribution < -0.4 is 0 Å². The van der Waals surface area contributed by atoms with Crippen LogP contribution in [0, 0.1) is 0 Å². The van der Waals surface area contributed by atoms with Crippen molar-refractivity contribution in [1.82, 2.24) is 0 Å². The fourth-order valence-electron chi connectivity index (χ4n) is 2.59. The van der Waals surface area contributed by atoms with Gasteiger partial charge >= 0.3 is 5.97 Å². The Balaban J connectivity index is 3.25. The Kier molecular flexibility index (Phi) is 16.4. The van der Waals surface area contributed by atoms with E-state index in [-0.39, 0.29) is 5.97 Å². The molecule has 0 radical (unpaired) electrons. The predicted octanol–water partition coefficient (Wildman–Crippen LogP) is 5.76. The van der Waals surface area contributed by atoms with Gasteiger partial charge in [-0.25, -0.2) is 0 Å². The predicted molar refractivity (Wildman–Crippen MR) is 96.5 cm³/mol. The number of carbonyl (C=O) groups excluding carboxylic acids is 2. The van der Waals surface area contributed by atoms with Gasteiger partial charge in [-0.1, -0.05) is 70.4 Å². The molecule has 0 spiro atoms. The second-order valence-electron chi connectivity index (χ2n) is 6.30. The van der Waals surface area contributed by atoms with Crippen molar-refractivity contribution in [3.63, 3.8) is 0 Å². The summed E-state index contributed by atoms with van der Waals surface area (Å²) < 4.78 is 4.90. The molecule has 0 fully saturated rings. The summed E-state index contributed by atoms with van der Waals surface area (Å²) in [5.41, 5.74) is 0. The minimum absolute atomic E-state index is 0.373. The first kappa shape index (κ1) is 21.9. The van der Waals surface area contributed by atoms with E-state index in [0.29, 0.717) is 6.42 Å². The van der Waals surface area contributed by atoms with Gasteiger partial charge in [-0.3, -0.25) is 9.59 Å². The van der Waals surface area contributed by atoms with Crippen molar-refractivity contribution in [3.05, 3.63) is 12.2 Å². The SMILES string of the molecule is CCCC/C=C/CCCCCCCCCCC(C=O)OC(C)=O. The number of aldehydes is 1. The third kappa shape index (κ3) is 17.1. The Hall–Kier alpha value is -1.12. The highest BCUT2D eigenvalue weighted by Crippen LogP contribution is 2.12. The summed E-state index contributed by atoms with van der Waals surface area (Å²) >= 11 is 0. The van der Waals surface area contributed by atoms with Gasteiger partial charge in [0.2, 0.25) is 0 Å². The average Bonchev–Trinajstić information content (AvgIpc) is 2.53. The molecule has 1 atom stereocenters. The molecule has 3 nitrogen and oxygen atoms in total. The molecule has 1 unspecified atom stereocenters. The fourth-order valence-corrected chi connectivity index (χ4v) is 2.59. The topological polar surface area (TPSA) is 43.4 Å². The smallest absolute Gasteiger partial charge is 0.303 e. The molecule has 0 saturated carbocycles. The van der Waals surface area contributed by atoms with Gasteiger partial charge in [-0.2, -0.15) is 0 Å². The maximum atomic E-state index is 10.8. The first-order valence-corrected chi connectivity index (χ1v) is 9.48. The van der Waals surface area contributed by atoms with E-state index in [1.165, 1.54) is 71.1 Å². The Morgan fingerprint density at radius 3 is 1.91 bits per heavy atom. The molecule has 0 N–H and O–H groups in total. The third-order valence-electron chi connectivity index (χ3n) is 3.97. The van der Waals surface area contributed by atoms with Crippen LogP contribution in [0.15, 0.2) is 12.2 Å².